The van der Waals surface area contributed by atoms with Crippen LogP contribution in [-0.2, 0) is 28.3 Å². The summed E-state index contributed by atoms with van der Waals surface area (Å²) in [6.45, 7) is 10.6. The Morgan fingerprint density at radius 3 is 2.48 bits per heavy atom. The van der Waals surface area contributed by atoms with E-state index in [2.05, 4.69) is 28.5 Å². The number of benzene rings is 2. The summed E-state index contributed by atoms with van der Waals surface area (Å²) in [6, 6.07) is 11.2. The van der Waals surface area contributed by atoms with E-state index in [0.29, 0.717) is 31.4 Å². The van der Waals surface area contributed by atoms with Gasteiger partial charge in [-0.2, -0.15) is 4.31 Å². The van der Waals surface area contributed by atoms with Gasteiger partial charge in [-0.3, -0.25) is 4.79 Å². The largest absolute Gasteiger partial charge is 0.350 e. The number of carbonyl (C=O) groups excluding carboxylic acids is 1. The van der Waals surface area contributed by atoms with Crippen LogP contribution in [0.5, 0.6) is 0 Å². The first-order chi connectivity index (χ1) is 15.6. The lowest BCUT2D eigenvalue weighted by Gasteiger charge is -2.18. The van der Waals surface area contributed by atoms with E-state index in [9.17, 15) is 13.2 Å². The van der Waals surface area contributed by atoms with Gasteiger partial charge in [-0.15, -0.1) is 0 Å². The first kappa shape index (κ1) is 24.9. The number of hydrogen-bond donors (Lipinski definition) is 1. The number of amides is 1. The molecule has 0 spiro atoms. The van der Waals surface area contributed by atoms with Crippen LogP contribution < -0.4 is 5.32 Å². The maximum absolute atomic E-state index is 12.8. The van der Waals surface area contributed by atoms with Gasteiger partial charge in [0.05, 0.1) is 22.0 Å². The standard InChI is InChI=1S/C25H34N4O3S/c1-7-29(8-2)33(31,32)20-11-12-23-22(16-20)27-24(28(23)6)13-14-25(30)26-19(5)21-15-17(3)9-10-18(21)4/h9-12,15-16,19H,7-8,13-14H2,1-6H3,(H,26,30). The van der Waals surface area contributed by atoms with Gasteiger partial charge in [0.1, 0.15) is 5.82 Å². The second-order valence-corrected chi connectivity index (χ2v) is 10.4. The van der Waals surface area contributed by atoms with E-state index in [1.807, 2.05) is 46.2 Å². The Bertz CT molecular complexity index is 1260. The number of rotatable bonds is 9. The Hall–Kier alpha value is -2.71. The Morgan fingerprint density at radius 1 is 1.12 bits per heavy atom. The van der Waals surface area contributed by atoms with Gasteiger partial charge in [-0.05, 0) is 50.1 Å². The van der Waals surface area contributed by atoms with Crippen molar-refractivity contribution >= 4 is 27.0 Å². The highest BCUT2D eigenvalue weighted by molar-refractivity contribution is 7.89. The van der Waals surface area contributed by atoms with E-state index in [1.54, 1.807) is 18.2 Å². The molecular formula is C25H34N4O3S. The summed E-state index contributed by atoms with van der Waals surface area (Å²) < 4.78 is 29.0. The van der Waals surface area contributed by atoms with Crippen LogP contribution in [0.3, 0.4) is 0 Å². The molecule has 1 aromatic heterocycles. The Morgan fingerprint density at radius 2 is 1.82 bits per heavy atom. The van der Waals surface area contributed by atoms with Crippen molar-refractivity contribution in [2.75, 3.05) is 13.1 Å². The lowest BCUT2D eigenvalue weighted by Crippen LogP contribution is -2.30. The minimum atomic E-state index is -3.55. The van der Waals surface area contributed by atoms with Crippen molar-refractivity contribution in [2.24, 2.45) is 7.05 Å². The van der Waals surface area contributed by atoms with Gasteiger partial charge >= 0.3 is 0 Å². The van der Waals surface area contributed by atoms with Crippen molar-refractivity contribution < 1.29 is 13.2 Å². The number of sulfonamides is 1. The summed E-state index contributed by atoms with van der Waals surface area (Å²) in [4.78, 5) is 17.5. The van der Waals surface area contributed by atoms with Gasteiger partial charge in [0.15, 0.2) is 0 Å². The van der Waals surface area contributed by atoms with Crippen LogP contribution in [0.25, 0.3) is 11.0 Å². The van der Waals surface area contributed by atoms with Crippen LogP contribution in [0, 0.1) is 13.8 Å². The lowest BCUT2D eigenvalue weighted by atomic mass is 10.00. The first-order valence-corrected chi connectivity index (χ1v) is 12.8. The maximum Gasteiger partial charge on any atom is 0.243 e. The Labute approximate surface area is 196 Å². The molecule has 2 aromatic carbocycles. The molecule has 0 bridgehead atoms. The molecule has 8 heteroatoms. The van der Waals surface area contributed by atoms with Crippen molar-refractivity contribution in [1.29, 1.82) is 0 Å². The van der Waals surface area contributed by atoms with Crippen LogP contribution >= 0.6 is 0 Å². The van der Waals surface area contributed by atoms with Gasteiger partial charge in [0.2, 0.25) is 15.9 Å². The molecule has 0 fully saturated rings. The topological polar surface area (TPSA) is 84.3 Å². The predicted molar refractivity (Wildman–Crippen MR) is 132 cm³/mol. The smallest absolute Gasteiger partial charge is 0.243 e. The molecule has 0 saturated heterocycles. The fourth-order valence-corrected chi connectivity index (χ4v) is 5.65. The lowest BCUT2D eigenvalue weighted by molar-refractivity contribution is -0.121. The average molecular weight is 471 g/mol. The average Bonchev–Trinajstić information content (AvgIpc) is 3.09. The zero-order chi connectivity index (χ0) is 24.3. The number of aryl methyl sites for hydroxylation is 4. The van der Waals surface area contributed by atoms with Crippen molar-refractivity contribution in [3.8, 4) is 0 Å². The molecule has 0 saturated carbocycles. The third kappa shape index (κ3) is 5.28. The number of hydrogen-bond acceptors (Lipinski definition) is 4. The third-order valence-electron chi connectivity index (χ3n) is 6.14. The predicted octanol–water partition coefficient (Wildman–Crippen LogP) is 4.03. The molecule has 3 rings (SSSR count). The van der Waals surface area contributed by atoms with Gasteiger partial charge in [0.25, 0.3) is 0 Å². The molecular weight excluding hydrogens is 436 g/mol. The van der Waals surface area contributed by atoms with Crippen LogP contribution in [0.15, 0.2) is 41.3 Å². The highest BCUT2D eigenvalue weighted by atomic mass is 32.2. The molecule has 1 heterocycles. The maximum atomic E-state index is 12.8. The highest BCUT2D eigenvalue weighted by Gasteiger charge is 2.23. The van der Waals surface area contributed by atoms with Gasteiger partial charge in [-0.25, -0.2) is 13.4 Å². The van der Waals surface area contributed by atoms with Crippen LogP contribution in [0.2, 0.25) is 0 Å². The Kier molecular flexibility index (Phi) is 7.59. The van der Waals surface area contributed by atoms with Crippen LogP contribution in [-0.4, -0.2) is 41.3 Å². The molecule has 0 radical (unpaired) electrons. The molecule has 0 aliphatic rings. The first-order valence-electron chi connectivity index (χ1n) is 11.4. The minimum absolute atomic E-state index is 0.0414. The molecule has 178 valence electrons. The van der Waals surface area contributed by atoms with Gasteiger partial charge in [0, 0.05) is 33.0 Å². The molecule has 1 N–H and O–H groups in total. The SMILES string of the molecule is CCN(CC)S(=O)(=O)c1ccc2c(c1)nc(CCC(=O)NC(C)c1cc(C)ccc1C)n2C. The second-order valence-electron chi connectivity index (χ2n) is 8.48. The van der Waals surface area contributed by atoms with E-state index in [-0.39, 0.29) is 16.8 Å². The summed E-state index contributed by atoms with van der Waals surface area (Å²) in [5.74, 6) is 0.706. The van der Waals surface area contributed by atoms with Gasteiger partial charge in [-0.1, -0.05) is 37.6 Å². The van der Waals surface area contributed by atoms with Crippen molar-refractivity contribution in [3.63, 3.8) is 0 Å². The number of carbonyl (C=O) groups is 1. The zero-order valence-corrected chi connectivity index (χ0v) is 21.2. The number of nitrogens with zero attached hydrogens (tertiary/aromatic N) is 3. The van der Waals surface area contributed by atoms with Crippen LogP contribution in [0.4, 0.5) is 0 Å². The minimum Gasteiger partial charge on any atom is -0.350 e. The van der Waals surface area contributed by atoms with E-state index in [0.717, 1.165) is 22.5 Å². The molecule has 0 aliphatic heterocycles. The number of imidazole rings is 1. The zero-order valence-electron chi connectivity index (χ0n) is 20.3. The molecule has 1 amide bonds. The van der Waals surface area contributed by atoms with E-state index < -0.39 is 10.0 Å². The fraction of sp³-hybridized carbons (Fsp3) is 0.440. The summed E-state index contributed by atoms with van der Waals surface area (Å²) in [7, 11) is -1.66. The molecule has 1 unspecified atom stereocenters. The molecule has 3 aromatic rings. The van der Waals surface area contributed by atoms with E-state index in [4.69, 9.17) is 0 Å². The second kappa shape index (κ2) is 10.1. The van der Waals surface area contributed by atoms with Crippen molar-refractivity contribution in [3.05, 3.63) is 58.9 Å². The highest BCUT2D eigenvalue weighted by Crippen LogP contribution is 2.23. The summed E-state index contributed by atoms with van der Waals surface area (Å²) in [5, 5.41) is 3.08. The van der Waals surface area contributed by atoms with E-state index >= 15 is 0 Å². The third-order valence-corrected chi connectivity index (χ3v) is 8.19. The summed E-state index contributed by atoms with van der Waals surface area (Å²) in [6.07, 6.45) is 0.769. The Balaban J connectivity index is 1.73. The normalized spacial score (nSPS) is 12.9. The number of fused-ring (bicyclic) bond motifs is 1. The van der Waals surface area contributed by atoms with E-state index in [1.165, 1.54) is 9.87 Å². The molecule has 1 atom stereocenters. The summed E-state index contributed by atoms with van der Waals surface area (Å²) in [5.41, 5.74) is 4.89. The molecule has 33 heavy (non-hydrogen) atoms. The monoisotopic (exact) mass is 470 g/mol. The number of nitrogens with one attached hydrogen (secondary N) is 1. The van der Waals surface area contributed by atoms with Gasteiger partial charge < -0.3 is 9.88 Å². The van der Waals surface area contributed by atoms with Crippen molar-refractivity contribution in [2.45, 2.75) is 58.4 Å². The summed E-state index contributed by atoms with van der Waals surface area (Å²) >= 11 is 0. The van der Waals surface area contributed by atoms with Crippen molar-refractivity contribution in [1.82, 2.24) is 19.2 Å². The molecule has 7 nitrogen and oxygen atoms in total. The fourth-order valence-electron chi connectivity index (χ4n) is 4.17. The quantitative estimate of drug-likeness (QED) is 0.512. The molecule has 0 aliphatic carbocycles. The van der Waals surface area contributed by atoms with Crippen LogP contribution in [0.1, 0.15) is 55.7 Å². The number of aromatic nitrogens is 2.